The van der Waals surface area contributed by atoms with Gasteiger partial charge in [0.1, 0.15) is 0 Å². The summed E-state index contributed by atoms with van der Waals surface area (Å²) in [5.74, 6) is -0.568. The molecule has 2 N–H and O–H groups in total. The molecule has 6 nitrogen and oxygen atoms in total. The molecule has 2 aromatic rings. The van der Waals surface area contributed by atoms with Crippen LogP contribution < -0.4 is 10.6 Å². The highest BCUT2D eigenvalue weighted by Crippen LogP contribution is 2.19. The quantitative estimate of drug-likeness (QED) is 0.894. The normalized spacial score (nSPS) is 11.9. The van der Waals surface area contributed by atoms with E-state index in [1.165, 1.54) is 6.20 Å². The van der Waals surface area contributed by atoms with Gasteiger partial charge in [0.25, 0.3) is 0 Å². The molecular weight excluding hydrogens is 287 g/mol. The predicted octanol–water partition coefficient (Wildman–Crippen LogP) is 1.37. The number of hydrogen-bond donors (Lipinski definition) is 2. The van der Waals surface area contributed by atoms with Crippen molar-refractivity contribution in [3.63, 3.8) is 0 Å². The van der Waals surface area contributed by atoms with Crippen molar-refractivity contribution < 1.29 is 18.0 Å². The SMILES string of the molecule is Cc1nn(C)c2ncc(NC(=O)CNCC(F)(F)F)cc12. The zero-order chi connectivity index (χ0) is 15.6. The van der Waals surface area contributed by atoms with Gasteiger partial charge in [0, 0.05) is 12.4 Å². The molecule has 0 atom stereocenters. The number of nitrogens with one attached hydrogen (secondary N) is 2. The van der Waals surface area contributed by atoms with Gasteiger partial charge in [0.05, 0.1) is 30.7 Å². The van der Waals surface area contributed by atoms with E-state index in [2.05, 4.69) is 15.4 Å². The first kappa shape index (κ1) is 15.2. The van der Waals surface area contributed by atoms with Gasteiger partial charge in [-0.2, -0.15) is 18.3 Å². The average molecular weight is 301 g/mol. The lowest BCUT2D eigenvalue weighted by Crippen LogP contribution is -2.35. The van der Waals surface area contributed by atoms with Crippen molar-refractivity contribution in [3.8, 4) is 0 Å². The van der Waals surface area contributed by atoms with Gasteiger partial charge in [0.2, 0.25) is 5.91 Å². The second kappa shape index (κ2) is 5.68. The molecule has 0 spiro atoms. The molecule has 9 heteroatoms. The van der Waals surface area contributed by atoms with Gasteiger partial charge in [-0.1, -0.05) is 0 Å². The number of hydrogen-bond acceptors (Lipinski definition) is 4. The van der Waals surface area contributed by atoms with Crippen molar-refractivity contribution >= 4 is 22.6 Å². The molecule has 0 unspecified atom stereocenters. The molecule has 1 amide bonds. The summed E-state index contributed by atoms with van der Waals surface area (Å²) in [6, 6.07) is 1.69. The molecule has 2 aromatic heterocycles. The largest absolute Gasteiger partial charge is 0.401 e. The van der Waals surface area contributed by atoms with E-state index < -0.39 is 25.2 Å². The number of aryl methyl sites for hydroxylation is 2. The number of carbonyl (C=O) groups is 1. The minimum absolute atomic E-state index is 0.414. The van der Waals surface area contributed by atoms with E-state index in [0.29, 0.717) is 11.3 Å². The Balaban J connectivity index is 2.00. The number of halogens is 3. The number of pyridine rings is 1. The number of nitrogens with zero attached hydrogens (tertiary/aromatic N) is 3. The van der Waals surface area contributed by atoms with Crippen LogP contribution in [0.3, 0.4) is 0 Å². The fourth-order valence-corrected chi connectivity index (χ4v) is 1.90. The standard InChI is InChI=1S/C12H14F3N5O/c1-7-9-3-8(4-17-11(9)20(2)19-7)18-10(21)5-16-6-12(13,14)15/h3-4,16H,5-6H2,1-2H3,(H,18,21). The van der Waals surface area contributed by atoms with Crippen LogP contribution in [0.2, 0.25) is 0 Å². The number of aromatic nitrogens is 3. The Labute approximate surface area is 118 Å². The fourth-order valence-electron chi connectivity index (χ4n) is 1.90. The smallest absolute Gasteiger partial charge is 0.324 e. The third kappa shape index (κ3) is 3.91. The molecule has 0 aliphatic rings. The van der Waals surface area contributed by atoms with Crippen molar-refractivity contribution in [2.75, 3.05) is 18.4 Å². The third-order valence-corrected chi connectivity index (χ3v) is 2.76. The van der Waals surface area contributed by atoms with E-state index in [1.807, 2.05) is 5.32 Å². The number of rotatable bonds is 4. The molecule has 0 aromatic carbocycles. The number of amides is 1. The summed E-state index contributed by atoms with van der Waals surface area (Å²) in [5.41, 5.74) is 1.84. The van der Waals surface area contributed by atoms with E-state index in [1.54, 1.807) is 24.7 Å². The van der Waals surface area contributed by atoms with E-state index in [0.717, 1.165) is 11.1 Å². The molecule has 21 heavy (non-hydrogen) atoms. The maximum absolute atomic E-state index is 11.9. The van der Waals surface area contributed by atoms with Crippen molar-refractivity contribution in [2.45, 2.75) is 13.1 Å². The van der Waals surface area contributed by atoms with E-state index >= 15 is 0 Å². The second-order valence-corrected chi connectivity index (χ2v) is 4.57. The van der Waals surface area contributed by atoms with Gasteiger partial charge in [-0.25, -0.2) is 4.98 Å². The molecular formula is C12H14F3N5O. The van der Waals surface area contributed by atoms with Crippen LogP contribution in [0.4, 0.5) is 18.9 Å². The Bertz CT molecular complexity index is 665. The zero-order valence-electron chi connectivity index (χ0n) is 11.5. The minimum Gasteiger partial charge on any atom is -0.324 e. The highest BCUT2D eigenvalue weighted by Gasteiger charge is 2.26. The van der Waals surface area contributed by atoms with Gasteiger partial charge < -0.3 is 10.6 Å². The molecule has 0 aliphatic carbocycles. The van der Waals surface area contributed by atoms with E-state index in [4.69, 9.17) is 0 Å². The molecule has 2 rings (SSSR count). The maximum atomic E-state index is 11.9. The lowest BCUT2D eigenvalue weighted by molar-refractivity contribution is -0.126. The molecule has 114 valence electrons. The Morgan fingerprint density at radius 3 is 2.81 bits per heavy atom. The summed E-state index contributed by atoms with van der Waals surface area (Å²) >= 11 is 0. The van der Waals surface area contributed by atoms with Crippen LogP contribution in [-0.2, 0) is 11.8 Å². The van der Waals surface area contributed by atoms with E-state index in [9.17, 15) is 18.0 Å². The molecule has 0 saturated carbocycles. The molecule has 0 aliphatic heterocycles. The molecule has 2 heterocycles. The number of alkyl halides is 3. The summed E-state index contributed by atoms with van der Waals surface area (Å²) in [7, 11) is 1.75. The lowest BCUT2D eigenvalue weighted by atomic mass is 10.2. The number of anilines is 1. The first-order valence-electron chi connectivity index (χ1n) is 6.13. The summed E-state index contributed by atoms with van der Waals surface area (Å²) in [6.45, 7) is 0.170. The van der Waals surface area contributed by atoms with Crippen molar-refractivity contribution in [1.29, 1.82) is 0 Å². The van der Waals surface area contributed by atoms with Gasteiger partial charge in [-0.05, 0) is 13.0 Å². The monoisotopic (exact) mass is 301 g/mol. The Morgan fingerprint density at radius 1 is 1.43 bits per heavy atom. The topological polar surface area (TPSA) is 71.8 Å². The summed E-state index contributed by atoms with van der Waals surface area (Å²) < 4.78 is 37.4. The minimum atomic E-state index is -4.34. The molecule has 0 saturated heterocycles. The van der Waals surface area contributed by atoms with Gasteiger partial charge in [0.15, 0.2) is 5.65 Å². The Morgan fingerprint density at radius 2 is 2.14 bits per heavy atom. The van der Waals surface area contributed by atoms with Crippen LogP contribution in [0.15, 0.2) is 12.3 Å². The number of fused-ring (bicyclic) bond motifs is 1. The van der Waals surface area contributed by atoms with Crippen molar-refractivity contribution in [3.05, 3.63) is 18.0 Å². The van der Waals surface area contributed by atoms with Gasteiger partial charge in [-0.3, -0.25) is 9.48 Å². The first-order valence-corrected chi connectivity index (χ1v) is 6.13. The summed E-state index contributed by atoms with van der Waals surface area (Å²) in [6.07, 6.45) is -2.90. The van der Waals surface area contributed by atoms with Crippen LogP contribution in [-0.4, -0.2) is 39.9 Å². The molecule has 0 bridgehead atoms. The van der Waals surface area contributed by atoms with Crippen LogP contribution in [0.1, 0.15) is 5.69 Å². The third-order valence-electron chi connectivity index (χ3n) is 2.76. The van der Waals surface area contributed by atoms with Gasteiger partial charge >= 0.3 is 6.18 Å². The number of carbonyl (C=O) groups excluding carboxylic acids is 1. The Hall–Kier alpha value is -2.16. The second-order valence-electron chi connectivity index (χ2n) is 4.57. The fraction of sp³-hybridized carbons (Fsp3) is 0.417. The van der Waals surface area contributed by atoms with E-state index in [-0.39, 0.29) is 0 Å². The predicted molar refractivity (Wildman–Crippen MR) is 70.8 cm³/mol. The van der Waals surface area contributed by atoms with Crippen LogP contribution >= 0.6 is 0 Å². The lowest BCUT2D eigenvalue weighted by Gasteiger charge is -2.08. The van der Waals surface area contributed by atoms with Crippen LogP contribution in [0.25, 0.3) is 11.0 Å². The first-order chi connectivity index (χ1) is 9.76. The molecule has 0 fully saturated rings. The van der Waals surface area contributed by atoms with Crippen molar-refractivity contribution in [1.82, 2.24) is 20.1 Å². The highest BCUT2D eigenvalue weighted by atomic mass is 19.4. The molecule has 0 radical (unpaired) electrons. The average Bonchev–Trinajstić information content (AvgIpc) is 2.63. The van der Waals surface area contributed by atoms with Gasteiger partial charge in [-0.15, -0.1) is 0 Å². The summed E-state index contributed by atoms with van der Waals surface area (Å²) in [4.78, 5) is 15.7. The highest BCUT2D eigenvalue weighted by molar-refractivity contribution is 5.94. The van der Waals surface area contributed by atoms with Crippen molar-refractivity contribution in [2.24, 2.45) is 7.05 Å². The summed E-state index contributed by atoms with van der Waals surface area (Å²) in [5, 5.41) is 9.48. The van der Waals surface area contributed by atoms with Crippen LogP contribution in [0.5, 0.6) is 0 Å². The van der Waals surface area contributed by atoms with Crippen LogP contribution in [0, 0.1) is 6.92 Å². The Kier molecular flexibility index (Phi) is 4.12. The maximum Gasteiger partial charge on any atom is 0.401 e. The zero-order valence-corrected chi connectivity index (χ0v) is 11.5.